The summed E-state index contributed by atoms with van der Waals surface area (Å²) < 4.78 is 44.3. The minimum atomic E-state index is -0.739. The smallest absolute Gasteiger partial charge is 0.335 e. The van der Waals surface area contributed by atoms with Crippen molar-refractivity contribution in [2.24, 2.45) is 0 Å². The van der Waals surface area contributed by atoms with Crippen LogP contribution in [0.3, 0.4) is 0 Å². The topological polar surface area (TPSA) is 242 Å². The molecule has 0 aliphatic carbocycles. The monoisotopic (exact) mass is 994 g/mol. The molecule has 0 aromatic heterocycles. The molecular weight excluding hydrogens is 933 g/mol. The van der Waals surface area contributed by atoms with Crippen LogP contribution < -0.4 is 4.90 Å². The third-order valence-corrected chi connectivity index (χ3v) is 10.6. The normalized spacial score (nSPS) is 14.2. The highest BCUT2D eigenvalue weighted by molar-refractivity contribution is 6.02. The third-order valence-electron chi connectivity index (χ3n) is 10.6. The van der Waals surface area contributed by atoms with Crippen molar-refractivity contribution in [2.45, 2.75) is 57.9 Å². The lowest BCUT2D eigenvalue weighted by Gasteiger charge is -2.27. The van der Waals surface area contributed by atoms with Crippen molar-refractivity contribution < 1.29 is 85.9 Å². The molecule has 3 aliphatic heterocycles. The summed E-state index contributed by atoms with van der Waals surface area (Å²) in [5.41, 5.74) is 3.16. The number of para-hydroxylation sites is 1. The summed E-state index contributed by atoms with van der Waals surface area (Å²) in [7, 11) is 0. The van der Waals surface area contributed by atoms with Gasteiger partial charge >= 0.3 is 11.9 Å². The molecule has 22 heteroatoms. The first-order chi connectivity index (χ1) is 34.6. The van der Waals surface area contributed by atoms with Gasteiger partial charge in [-0.15, -0.1) is 10.1 Å². The Balaban J connectivity index is 0.938. The summed E-state index contributed by atoms with van der Waals surface area (Å²) in [6.07, 6.45) is -0.209. The maximum Gasteiger partial charge on any atom is 0.335 e. The Morgan fingerprint density at radius 3 is 1.30 bits per heavy atom. The van der Waals surface area contributed by atoms with Gasteiger partial charge in [0.2, 0.25) is 11.8 Å². The quantitative estimate of drug-likeness (QED) is 0.0542. The van der Waals surface area contributed by atoms with Gasteiger partial charge in [-0.2, -0.15) is 0 Å². The lowest BCUT2D eigenvalue weighted by molar-refractivity contribution is -0.198. The second-order valence-corrected chi connectivity index (χ2v) is 15.8. The second kappa shape index (κ2) is 31.9. The first-order valence-electron chi connectivity index (χ1n) is 23.6. The molecule has 71 heavy (non-hydrogen) atoms. The number of rotatable bonds is 35. The van der Waals surface area contributed by atoms with E-state index in [-0.39, 0.29) is 156 Å². The van der Waals surface area contributed by atoms with Crippen molar-refractivity contribution in [1.82, 2.24) is 15.0 Å². The number of nitrogens with zero attached hydrogens (tertiary/aromatic N) is 4. The van der Waals surface area contributed by atoms with E-state index in [1.54, 1.807) is 9.80 Å². The molecule has 2 aromatic carbocycles. The minimum absolute atomic E-state index is 0.0231. The number of amides is 6. The van der Waals surface area contributed by atoms with E-state index in [1.807, 2.05) is 48.5 Å². The number of carbonyl (C=O) groups excluding carboxylic acids is 8. The fourth-order valence-corrected chi connectivity index (χ4v) is 6.87. The molecular formula is C49H62N4O18. The van der Waals surface area contributed by atoms with Crippen LogP contribution in [0.25, 0.3) is 0 Å². The van der Waals surface area contributed by atoms with Crippen LogP contribution in [0.5, 0.6) is 0 Å². The van der Waals surface area contributed by atoms with Crippen molar-refractivity contribution in [3.63, 3.8) is 0 Å². The van der Waals surface area contributed by atoms with Gasteiger partial charge in [-0.25, -0.2) is 9.59 Å². The molecule has 3 heterocycles. The van der Waals surface area contributed by atoms with Gasteiger partial charge in [0.1, 0.15) is 0 Å². The highest BCUT2D eigenvalue weighted by Gasteiger charge is 2.34. The molecule has 0 bridgehead atoms. The highest BCUT2D eigenvalue weighted by Crippen LogP contribution is 2.26. The van der Waals surface area contributed by atoms with Crippen LogP contribution in [0.4, 0.5) is 5.69 Å². The zero-order valence-electron chi connectivity index (χ0n) is 39.8. The maximum atomic E-state index is 13.8. The van der Waals surface area contributed by atoms with E-state index >= 15 is 0 Å². The molecule has 0 unspecified atom stereocenters. The summed E-state index contributed by atoms with van der Waals surface area (Å²) in [6.45, 7) is 4.56. The molecule has 0 saturated carbocycles. The summed E-state index contributed by atoms with van der Waals surface area (Å²) in [5.74, 6) is 2.32. The molecule has 6 amide bonds. The SMILES string of the molecule is O=C(CCOCCOCCOCCOCCN(CCOCCOCCOCCOCCC(=O)ON1C(=O)CCC1=O)C(=O)CCC(=O)N1Cc2ccccc2C#Cc2ccccc21)ON1C(=O)CCC1=O. The number of imide groups is 2. The fraction of sp³-hybridized carbons (Fsp3) is 0.551. The van der Waals surface area contributed by atoms with Gasteiger partial charge in [-0.1, -0.05) is 42.2 Å². The van der Waals surface area contributed by atoms with Gasteiger partial charge in [-0.05, 0) is 23.8 Å². The fourth-order valence-electron chi connectivity index (χ4n) is 6.87. The predicted molar refractivity (Wildman–Crippen MR) is 246 cm³/mol. The first kappa shape index (κ1) is 55.8. The number of anilines is 1. The summed E-state index contributed by atoms with van der Waals surface area (Å²) in [5, 5.41) is 0.995. The number of benzene rings is 2. The number of hydrogen-bond donors (Lipinski definition) is 0. The molecule has 0 atom stereocenters. The van der Waals surface area contributed by atoms with Crippen LogP contribution in [-0.2, 0) is 92.5 Å². The number of fused-ring (bicyclic) bond motifs is 2. The van der Waals surface area contributed by atoms with E-state index in [2.05, 4.69) is 11.8 Å². The molecule has 386 valence electrons. The first-order valence-corrected chi connectivity index (χ1v) is 23.6. The Morgan fingerprint density at radius 1 is 0.451 bits per heavy atom. The van der Waals surface area contributed by atoms with Crippen LogP contribution in [0.15, 0.2) is 48.5 Å². The van der Waals surface area contributed by atoms with E-state index in [9.17, 15) is 38.4 Å². The largest absolute Gasteiger partial charge is 0.378 e. The third kappa shape index (κ3) is 20.2. The number of ether oxygens (including phenoxy) is 8. The number of hydrogen-bond acceptors (Lipinski definition) is 18. The van der Waals surface area contributed by atoms with Gasteiger partial charge in [0.25, 0.3) is 23.6 Å². The van der Waals surface area contributed by atoms with E-state index in [1.165, 1.54) is 0 Å². The Bertz CT molecular complexity index is 2050. The van der Waals surface area contributed by atoms with Gasteiger partial charge in [0, 0.05) is 62.7 Å². The van der Waals surface area contributed by atoms with E-state index < -0.39 is 35.6 Å². The van der Waals surface area contributed by atoms with Gasteiger partial charge in [-0.3, -0.25) is 28.8 Å². The van der Waals surface area contributed by atoms with Gasteiger partial charge in [0.15, 0.2) is 0 Å². The van der Waals surface area contributed by atoms with Gasteiger partial charge in [0.05, 0.1) is 131 Å². The lowest BCUT2D eigenvalue weighted by Crippen LogP contribution is -2.38. The zero-order valence-corrected chi connectivity index (χ0v) is 39.8. The zero-order chi connectivity index (χ0) is 50.5. The highest BCUT2D eigenvalue weighted by atomic mass is 16.7. The molecule has 2 aromatic rings. The van der Waals surface area contributed by atoms with E-state index in [4.69, 9.17) is 47.6 Å². The number of hydroxylamine groups is 4. The molecule has 0 spiro atoms. The molecule has 2 fully saturated rings. The van der Waals surface area contributed by atoms with Crippen molar-refractivity contribution in [2.75, 3.05) is 124 Å². The van der Waals surface area contributed by atoms with E-state index in [0.29, 0.717) is 48.8 Å². The van der Waals surface area contributed by atoms with Crippen molar-refractivity contribution in [3.8, 4) is 11.8 Å². The summed E-state index contributed by atoms with van der Waals surface area (Å²) in [6, 6.07) is 15.1. The molecule has 3 aliphatic rings. The van der Waals surface area contributed by atoms with Crippen molar-refractivity contribution in [1.29, 1.82) is 0 Å². The van der Waals surface area contributed by atoms with Crippen LogP contribution in [0.1, 0.15) is 68.1 Å². The lowest BCUT2D eigenvalue weighted by atomic mass is 10.0. The molecule has 0 N–H and O–H groups in total. The van der Waals surface area contributed by atoms with E-state index in [0.717, 1.165) is 16.7 Å². The van der Waals surface area contributed by atoms with Crippen LogP contribution in [-0.4, -0.2) is 181 Å². The Labute approximate surface area is 411 Å². The second-order valence-electron chi connectivity index (χ2n) is 15.8. The van der Waals surface area contributed by atoms with Crippen molar-refractivity contribution in [3.05, 3.63) is 65.2 Å². The minimum Gasteiger partial charge on any atom is -0.378 e. The molecule has 2 saturated heterocycles. The predicted octanol–water partition coefficient (Wildman–Crippen LogP) is 1.67. The Morgan fingerprint density at radius 2 is 0.831 bits per heavy atom. The van der Waals surface area contributed by atoms with Crippen molar-refractivity contribution >= 4 is 53.1 Å². The molecule has 22 nitrogen and oxygen atoms in total. The molecule has 5 rings (SSSR count). The van der Waals surface area contributed by atoms with Crippen LogP contribution in [0.2, 0.25) is 0 Å². The molecule has 0 radical (unpaired) electrons. The van der Waals surface area contributed by atoms with Crippen LogP contribution in [0, 0.1) is 11.8 Å². The van der Waals surface area contributed by atoms with Crippen LogP contribution >= 0.6 is 0 Å². The summed E-state index contributed by atoms with van der Waals surface area (Å²) in [4.78, 5) is 110. The maximum absolute atomic E-state index is 13.8. The van der Waals surface area contributed by atoms with Gasteiger partial charge < -0.3 is 57.4 Å². The average Bonchev–Trinajstić information content (AvgIpc) is 3.85. The number of carbonyl (C=O) groups is 8. The standard InChI is InChI=1S/C49H62N4O18/c54-42(11-12-43(55)51-37-40-7-2-1-5-38(40)9-10-39-6-3-4-8-41(39)51)50(19-23-64-27-31-68-35-33-66-29-25-62-21-17-48(60)70-52-44(56)13-14-45(52)57)20-24-65-28-32-69-36-34-67-30-26-63-22-18-49(61)71-53-46(58)15-16-47(53)59/h1-8H,11-37H2. The Hall–Kier alpha value is -6.16. The average molecular weight is 995 g/mol. The summed E-state index contributed by atoms with van der Waals surface area (Å²) >= 11 is 0. The Kier molecular flexibility index (Phi) is 25.1.